The lowest BCUT2D eigenvalue weighted by molar-refractivity contribution is -0.388. The quantitative estimate of drug-likeness (QED) is 0.168. The fraction of sp³-hybridized carbons (Fsp3) is 0.105. The van der Waals surface area contributed by atoms with Crippen LogP contribution in [-0.2, 0) is 16.1 Å². The first-order chi connectivity index (χ1) is 15.3. The van der Waals surface area contributed by atoms with Gasteiger partial charge in [-0.3, -0.25) is 14.7 Å². The van der Waals surface area contributed by atoms with Gasteiger partial charge in [-0.15, -0.1) is 0 Å². The number of hydrogen-bond donors (Lipinski definition) is 2. The van der Waals surface area contributed by atoms with Crippen LogP contribution in [-0.4, -0.2) is 19.7 Å². The molecule has 8 nitrogen and oxygen atoms in total. The second kappa shape index (κ2) is 8.50. The summed E-state index contributed by atoms with van der Waals surface area (Å²) in [5.41, 5.74) is -4.59. The van der Waals surface area contributed by atoms with Gasteiger partial charge in [-0.25, -0.2) is 4.39 Å². The predicted octanol–water partition coefficient (Wildman–Crippen LogP) is 4.74. The molecule has 0 aliphatic heterocycles. The highest BCUT2D eigenvalue weighted by Gasteiger charge is 2.54. The predicted molar refractivity (Wildman–Crippen MR) is 102 cm³/mol. The largest absolute Gasteiger partial charge is 0.448 e. The smallest absolute Gasteiger partial charge is 0.423 e. The van der Waals surface area contributed by atoms with E-state index in [4.69, 9.17) is 4.74 Å². The molecule has 3 rings (SSSR count). The molecule has 0 radical (unpaired) electrons. The van der Waals surface area contributed by atoms with Crippen molar-refractivity contribution in [3.05, 3.63) is 99.2 Å². The van der Waals surface area contributed by atoms with Crippen LogP contribution in [0.4, 0.5) is 27.6 Å². The number of rotatable bonds is 6. The van der Waals surface area contributed by atoms with Crippen LogP contribution in [0.5, 0.6) is 5.88 Å². The molecule has 0 fully saturated rings. The van der Waals surface area contributed by atoms with Crippen molar-refractivity contribution >= 4 is 13.3 Å². The number of benzene rings is 2. The third kappa shape index (κ3) is 4.70. The Morgan fingerprint density at radius 3 is 2.09 bits per heavy atom. The third-order valence-electron chi connectivity index (χ3n) is 4.48. The van der Waals surface area contributed by atoms with E-state index in [9.17, 15) is 46.4 Å². The molecule has 0 aliphatic rings. The van der Waals surface area contributed by atoms with Crippen molar-refractivity contribution in [3.63, 3.8) is 0 Å². The van der Waals surface area contributed by atoms with Crippen LogP contribution in [0, 0.1) is 21.9 Å². The molecule has 1 heterocycles. The van der Waals surface area contributed by atoms with Crippen molar-refractivity contribution in [3.8, 4) is 5.88 Å². The standard InChI is InChI=1S/C19H12F5N2O6P/c20-13-7-4-11(5-8-13)18(33(29,30)31,32-17-3-1-2-16(21)25-17)12-6-9-15(26(27)28)14(10-12)19(22,23)24/h1-10H,(H2,29,30,31). The maximum absolute atomic E-state index is 13.6. The average Bonchev–Trinajstić information content (AvgIpc) is 2.71. The minimum absolute atomic E-state index is 0.139. The van der Waals surface area contributed by atoms with Crippen LogP contribution in [0.1, 0.15) is 16.7 Å². The molecular formula is C19H12F5N2O6P. The van der Waals surface area contributed by atoms with E-state index in [0.29, 0.717) is 12.1 Å². The summed E-state index contributed by atoms with van der Waals surface area (Å²) in [4.78, 5) is 33.6. The van der Waals surface area contributed by atoms with Crippen molar-refractivity contribution in [1.29, 1.82) is 0 Å². The number of hydrogen-bond acceptors (Lipinski definition) is 5. The molecule has 0 bridgehead atoms. The lowest BCUT2D eigenvalue weighted by atomic mass is 9.97. The van der Waals surface area contributed by atoms with Gasteiger partial charge in [0, 0.05) is 23.3 Å². The Bertz CT molecular complexity index is 1250. The van der Waals surface area contributed by atoms with Crippen LogP contribution < -0.4 is 4.74 Å². The van der Waals surface area contributed by atoms with Crippen molar-refractivity contribution in [1.82, 2.24) is 4.98 Å². The van der Waals surface area contributed by atoms with Crippen molar-refractivity contribution in [2.45, 2.75) is 11.5 Å². The number of pyridine rings is 1. The molecule has 0 saturated carbocycles. The van der Waals surface area contributed by atoms with Gasteiger partial charge in [0.1, 0.15) is 11.4 Å². The van der Waals surface area contributed by atoms with Gasteiger partial charge in [0.05, 0.1) is 4.92 Å². The number of halogens is 5. The number of alkyl halides is 3. The maximum atomic E-state index is 13.6. The molecule has 0 spiro atoms. The van der Waals surface area contributed by atoms with Gasteiger partial charge in [0.2, 0.25) is 11.8 Å². The molecule has 2 N–H and O–H groups in total. The first-order valence-corrected chi connectivity index (χ1v) is 10.4. The van der Waals surface area contributed by atoms with Crippen molar-refractivity contribution < 1.29 is 46.0 Å². The summed E-state index contributed by atoms with van der Waals surface area (Å²) in [6.45, 7) is 0. The van der Waals surface area contributed by atoms with Gasteiger partial charge in [0.25, 0.3) is 11.0 Å². The third-order valence-corrected chi connectivity index (χ3v) is 5.91. The van der Waals surface area contributed by atoms with Gasteiger partial charge < -0.3 is 14.5 Å². The van der Waals surface area contributed by atoms with E-state index in [1.54, 1.807) is 0 Å². The zero-order chi connectivity index (χ0) is 24.6. The summed E-state index contributed by atoms with van der Waals surface area (Å²) in [6.07, 6.45) is -5.29. The summed E-state index contributed by atoms with van der Waals surface area (Å²) in [5, 5.41) is 7.99. The minimum Gasteiger partial charge on any atom is -0.448 e. The van der Waals surface area contributed by atoms with Crippen LogP contribution >= 0.6 is 7.60 Å². The fourth-order valence-corrected chi connectivity index (χ4v) is 4.26. The summed E-state index contributed by atoms with van der Waals surface area (Å²) < 4.78 is 85.9. The van der Waals surface area contributed by atoms with Gasteiger partial charge >= 0.3 is 13.8 Å². The number of nitrogens with zero attached hydrogens (tertiary/aromatic N) is 2. The Hall–Kier alpha value is -3.41. The second-order valence-electron chi connectivity index (χ2n) is 6.58. The molecule has 1 atom stereocenters. The Kier molecular flexibility index (Phi) is 6.25. The SMILES string of the molecule is O=[N+]([O-])c1ccc(C(Oc2cccc(F)n2)(c2ccc(F)cc2)P(=O)(O)O)cc1C(F)(F)F. The van der Waals surface area contributed by atoms with Crippen molar-refractivity contribution in [2.75, 3.05) is 0 Å². The van der Waals surface area contributed by atoms with E-state index in [-0.39, 0.29) is 6.07 Å². The number of nitro groups is 1. The normalized spacial score (nSPS) is 13.9. The summed E-state index contributed by atoms with van der Waals surface area (Å²) in [6, 6.07) is 7.29. The molecule has 33 heavy (non-hydrogen) atoms. The number of ether oxygens (including phenoxy) is 1. The van der Waals surface area contributed by atoms with E-state index in [0.717, 1.165) is 42.5 Å². The average molecular weight is 490 g/mol. The highest BCUT2D eigenvalue weighted by atomic mass is 31.2. The summed E-state index contributed by atoms with van der Waals surface area (Å²) >= 11 is 0. The summed E-state index contributed by atoms with van der Waals surface area (Å²) in [7, 11) is -5.70. The molecule has 3 aromatic rings. The lowest BCUT2D eigenvalue weighted by Crippen LogP contribution is -2.35. The molecule has 0 saturated heterocycles. The molecule has 2 aromatic carbocycles. The second-order valence-corrected chi connectivity index (χ2v) is 8.30. The molecule has 0 amide bonds. The molecule has 14 heteroatoms. The topological polar surface area (TPSA) is 123 Å². The molecule has 1 unspecified atom stereocenters. The van der Waals surface area contributed by atoms with Gasteiger partial charge in [-0.2, -0.15) is 22.5 Å². The molecule has 174 valence electrons. The highest BCUT2D eigenvalue weighted by molar-refractivity contribution is 7.53. The Labute approximate surface area is 181 Å². The Morgan fingerprint density at radius 2 is 1.58 bits per heavy atom. The van der Waals surface area contributed by atoms with Crippen LogP contribution in [0.15, 0.2) is 60.7 Å². The fourth-order valence-electron chi connectivity index (χ4n) is 3.09. The van der Waals surface area contributed by atoms with E-state index in [2.05, 4.69) is 4.98 Å². The van der Waals surface area contributed by atoms with Crippen LogP contribution in [0.25, 0.3) is 0 Å². The Balaban J connectivity index is 2.41. The van der Waals surface area contributed by atoms with E-state index in [1.807, 2.05) is 0 Å². The number of aromatic nitrogens is 1. The van der Waals surface area contributed by atoms with Gasteiger partial charge in [-0.1, -0.05) is 18.2 Å². The Morgan fingerprint density at radius 1 is 0.970 bits per heavy atom. The first kappa shape index (κ1) is 24.2. The summed E-state index contributed by atoms with van der Waals surface area (Å²) in [5.74, 6) is -2.71. The van der Waals surface area contributed by atoms with E-state index in [1.165, 1.54) is 0 Å². The number of nitro benzene ring substituents is 1. The highest BCUT2D eigenvalue weighted by Crippen LogP contribution is 2.61. The maximum Gasteiger partial charge on any atom is 0.423 e. The van der Waals surface area contributed by atoms with E-state index < -0.39 is 64.1 Å². The molecule has 1 aromatic heterocycles. The van der Waals surface area contributed by atoms with Crippen LogP contribution in [0.2, 0.25) is 0 Å². The monoisotopic (exact) mass is 490 g/mol. The van der Waals surface area contributed by atoms with E-state index >= 15 is 0 Å². The van der Waals surface area contributed by atoms with Gasteiger partial charge in [0.15, 0.2) is 0 Å². The lowest BCUT2D eigenvalue weighted by Gasteiger charge is -2.35. The van der Waals surface area contributed by atoms with Crippen LogP contribution in [0.3, 0.4) is 0 Å². The van der Waals surface area contributed by atoms with Crippen molar-refractivity contribution in [2.24, 2.45) is 0 Å². The zero-order valence-corrected chi connectivity index (χ0v) is 16.9. The molecule has 0 aliphatic carbocycles. The van der Waals surface area contributed by atoms with Gasteiger partial charge in [-0.05, 0) is 30.3 Å². The molecular weight excluding hydrogens is 478 g/mol. The first-order valence-electron chi connectivity index (χ1n) is 8.75. The minimum atomic E-state index is -5.70. The zero-order valence-electron chi connectivity index (χ0n) is 16.0.